The van der Waals surface area contributed by atoms with Crippen LogP contribution in [0.5, 0.6) is 0 Å². The van der Waals surface area contributed by atoms with E-state index in [4.69, 9.17) is 0 Å². The number of nitrogens with one attached hydrogen (secondary N) is 1. The molecule has 2 fully saturated rings. The zero-order chi connectivity index (χ0) is 16.9. The smallest absolute Gasteiger partial charge is 0.263 e. The Morgan fingerprint density at radius 1 is 1.12 bits per heavy atom. The zero-order valence-corrected chi connectivity index (χ0v) is 14.5. The summed E-state index contributed by atoms with van der Waals surface area (Å²) in [5.41, 5.74) is 0. The van der Waals surface area contributed by atoms with Crippen molar-refractivity contribution in [1.82, 2.24) is 15.1 Å². The molecule has 2 saturated heterocycles. The fourth-order valence-corrected chi connectivity index (χ4v) is 4.01. The van der Waals surface area contributed by atoms with Gasteiger partial charge in [0, 0.05) is 26.2 Å². The number of hydrogen-bond donors (Lipinski definition) is 1. The summed E-state index contributed by atoms with van der Waals surface area (Å²) in [6.45, 7) is 2.77. The number of likely N-dealkylation sites (tertiary alicyclic amines) is 2. The van der Waals surface area contributed by atoms with Crippen LogP contribution in [0.3, 0.4) is 0 Å². The first-order chi connectivity index (χ1) is 11.6. The van der Waals surface area contributed by atoms with Gasteiger partial charge in [-0.3, -0.25) is 14.4 Å². The molecule has 2 aliphatic rings. The second-order valence-corrected chi connectivity index (χ2v) is 7.32. The third-order valence-corrected chi connectivity index (χ3v) is 5.54. The Labute approximate surface area is 145 Å². The molecular formula is C17H23N3O3S. The van der Waals surface area contributed by atoms with E-state index in [9.17, 15) is 14.4 Å². The van der Waals surface area contributed by atoms with E-state index in [0.29, 0.717) is 18.0 Å². The Balaban J connectivity index is 1.49. The Kier molecular flexibility index (Phi) is 5.50. The predicted octanol–water partition coefficient (Wildman–Crippen LogP) is 1.34. The Hall–Kier alpha value is -1.89. The molecule has 0 aromatic carbocycles. The molecule has 24 heavy (non-hydrogen) atoms. The molecule has 0 radical (unpaired) electrons. The summed E-state index contributed by atoms with van der Waals surface area (Å²) in [5.74, 6) is -0.362. The fourth-order valence-electron chi connectivity index (χ4n) is 3.32. The van der Waals surface area contributed by atoms with Crippen LogP contribution < -0.4 is 5.32 Å². The van der Waals surface area contributed by atoms with Crippen LogP contribution in [-0.4, -0.2) is 60.2 Å². The van der Waals surface area contributed by atoms with Crippen LogP contribution in [-0.2, 0) is 9.59 Å². The summed E-state index contributed by atoms with van der Waals surface area (Å²) in [6, 6.07) is 3.67. The lowest BCUT2D eigenvalue weighted by Crippen LogP contribution is -2.47. The van der Waals surface area contributed by atoms with Gasteiger partial charge in [-0.25, -0.2) is 0 Å². The first kappa shape index (κ1) is 17.0. The summed E-state index contributed by atoms with van der Waals surface area (Å²) in [6.07, 6.45) is 3.66. The molecule has 6 nitrogen and oxygen atoms in total. The van der Waals surface area contributed by atoms with Crippen molar-refractivity contribution in [2.24, 2.45) is 5.92 Å². The average Bonchev–Trinajstić information content (AvgIpc) is 3.32. The van der Waals surface area contributed by atoms with Gasteiger partial charge in [-0.1, -0.05) is 6.07 Å². The molecule has 0 saturated carbocycles. The number of amides is 3. The number of piperidine rings is 1. The highest BCUT2D eigenvalue weighted by molar-refractivity contribution is 7.12. The number of rotatable bonds is 4. The van der Waals surface area contributed by atoms with Crippen molar-refractivity contribution in [2.45, 2.75) is 25.7 Å². The van der Waals surface area contributed by atoms with Gasteiger partial charge < -0.3 is 15.1 Å². The fraction of sp³-hybridized carbons (Fsp3) is 0.588. The molecular weight excluding hydrogens is 326 g/mol. The van der Waals surface area contributed by atoms with Crippen molar-refractivity contribution in [3.63, 3.8) is 0 Å². The van der Waals surface area contributed by atoms with Crippen molar-refractivity contribution in [2.75, 3.05) is 32.7 Å². The first-order valence-corrected chi connectivity index (χ1v) is 9.41. The van der Waals surface area contributed by atoms with Gasteiger partial charge in [0.25, 0.3) is 5.91 Å². The Morgan fingerprint density at radius 2 is 1.88 bits per heavy atom. The SMILES string of the molecule is O=C(NCC(=O)N1CCCC1)C1CCCN(C(=O)c2cccs2)C1. The van der Waals surface area contributed by atoms with Crippen molar-refractivity contribution in [1.29, 1.82) is 0 Å². The van der Waals surface area contributed by atoms with E-state index in [-0.39, 0.29) is 30.2 Å². The molecule has 3 rings (SSSR count). The molecule has 1 aromatic heterocycles. The first-order valence-electron chi connectivity index (χ1n) is 8.53. The normalized spacial score (nSPS) is 20.9. The number of nitrogens with zero attached hydrogens (tertiary/aromatic N) is 2. The molecule has 7 heteroatoms. The molecule has 0 aliphatic carbocycles. The molecule has 2 aliphatic heterocycles. The van der Waals surface area contributed by atoms with E-state index >= 15 is 0 Å². The van der Waals surface area contributed by atoms with E-state index in [1.807, 2.05) is 17.5 Å². The zero-order valence-electron chi connectivity index (χ0n) is 13.7. The summed E-state index contributed by atoms with van der Waals surface area (Å²) in [7, 11) is 0. The average molecular weight is 349 g/mol. The van der Waals surface area contributed by atoms with Gasteiger partial charge in [0.05, 0.1) is 17.3 Å². The minimum Gasteiger partial charge on any atom is -0.347 e. The second-order valence-electron chi connectivity index (χ2n) is 6.37. The lowest BCUT2D eigenvalue weighted by Gasteiger charge is -2.31. The van der Waals surface area contributed by atoms with Crippen LogP contribution in [0.1, 0.15) is 35.4 Å². The minimum absolute atomic E-state index is 0.00403. The van der Waals surface area contributed by atoms with E-state index in [2.05, 4.69) is 5.32 Å². The molecule has 3 heterocycles. The quantitative estimate of drug-likeness (QED) is 0.892. The van der Waals surface area contributed by atoms with Gasteiger partial charge in [-0.15, -0.1) is 11.3 Å². The van der Waals surface area contributed by atoms with Crippen LogP contribution in [0.15, 0.2) is 17.5 Å². The molecule has 1 unspecified atom stereocenters. The lowest BCUT2D eigenvalue weighted by atomic mass is 9.97. The molecule has 1 aromatic rings. The van der Waals surface area contributed by atoms with Crippen molar-refractivity contribution in [3.05, 3.63) is 22.4 Å². The summed E-state index contributed by atoms with van der Waals surface area (Å²) in [4.78, 5) is 41.0. The summed E-state index contributed by atoms with van der Waals surface area (Å²) < 4.78 is 0. The predicted molar refractivity (Wildman–Crippen MR) is 91.8 cm³/mol. The largest absolute Gasteiger partial charge is 0.347 e. The van der Waals surface area contributed by atoms with Crippen molar-refractivity contribution >= 4 is 29.1 Å². The number of hydrogen-bond acceptors (Lipinski definition) is 4. The van der Waals surface area contributed by atoms with Gasteiger partial charge in [0.15, 0.2) is 0 Å². The van der Waals surface area contributed by atoms with Crippen molar-refractivity contribution in [3.8, 4) is 0 Å². The number of thiophene rings is 1. The standard InChI is InChI=1S/C17H23N3O3S/c21-15(19-7-1-2-8-19)11-18-16(22)13-5-3-9-20(12-13)17(23)14-6-4-10-24-14/h4,6,10,13H,1-3,5,7-9,11-12H2,(H,18,22). The highest BCUT2D eigenvalue weighted by atomic mass is 32.1. The lowest BCUT2D eigenvalue weighted by molar-refractivity contribution is -0.133. The highest BCUT2D eigenvalue weighted by Crippen LogP contribution is 2.20. The van der Waals surface area contributed by atoms with E-state index < -0.39 is 0 Å². The number of carbonyl (C=O) groups is 3. The molecule has 0 bridgehead atoms. The van der Waals surface area contributed by atoms with Crippen LogP contribution in [0.25, 0.3) is 0 Å². The van der Waals surface area contributed by atoms with Crippen LogP contribution in [0, 0.1) is 5.92 Å². The van der Waals surface area contributed by atoms with E-state index in [1.165, 1.54) is 11.3 Å². The minimum atomic E-state index is -0.228. The molecule has 0 spiro atoms. The third-order valence-electron chi connectivity index (χ3n) is 4.68. The highest BCUT2D eigenvalue weighted by Gasteiger charge is 2.29. The van der Waals surface area contributed by atoms with Crippen LogP contribution in [0.2, 0.25) is 0 Å². The van der Waals surface area contributed by atoms with Crippen molar-refractivity contribution < 1.29 is 14.4 Å². The van der Waals surface area contributed by atoms with Gasteiger partial charge in [-0.2, -0.15) is 0 Å². The third kappa shape index (κ3) is 3.95. The molecule has 3 amide bonds. The van der Waals surface area contributed by atoms with Gasteiger partial charge in [-0.05, 0) is 37.1 Å². The van der Waals surface area contributed by atoms with Gasteiger partial charge in [0.1, 0.15) is 0 Å². The van der Waals surface area contributed by atoms with Crippen LogP contribution >= 0.6 is 11.3 Å². The second kappa shape index (κ2) is 7.79. The molecule has 1 N–H and O–H groups in total. The van der Waals surface area contributed by atoms with Gasteiger partial charge in [0.2, 0.25) is 11.8 Å². The summed E-state index contributed by atoms with van der Waals surface area (Å²) >= 11 is 1.42. The van der Waals surface area contributed by atoms with Gasteiger partial charge >= 0.3 is 0 Å². The monoisotopic (exact) mass is 349 g/mol. The van der Waals surface area contributed by atoms with Crippen LogP contribution in [0.4, 0.5) is 0 Å². The Bertz CT molecular complexity index is 596. The molecule has 130 valence electrons. The maximum Gasteiger partial charge on any atom is 0.263 e. The topological polar surface area (TPSA) is 69.7 Å². The molecule has 1 atom stereocenters. The maximum atomic E-state index is 12.4. The Morgan fingerprint density at radius 3 is 2.58 bits per heavy atom. The summed E-state index contributed by atoms with van der Waals surface area (Å²) in [5, 5.41) is 4.64. The number of carbonyl (C=O) groups excluding carboxylic acids is 3. The van der Waals surface area contributed by atoms with E-state index in [1.54, 1.807) is 9.80 Å². The van der Waals surface area contributed by atoms with E-state index in [0.717, 1.165) is 38.8 Å². The maximum absolute atomic E-state index is 12.4.